The van der Waals surface area contributed by atoms with Crippen molar-refractivity contribution in [1.29, 1.82) is 0 Å². The van der Waals surface area contributed by atoms with E-state index in [9.17, 15) is 14.4 Å². The van der Waals surface area contributed by atoms with E-state index in [0.717, 1.165) is 12.8 Å². The lowest BCUT2D eigenvalue weighted by Gasteiger charge is -2.21. The molecule has 0 spiro atoms. The molecule has 4 N–H and O–H groups in total. The van der Waals surface area contributed by atoms with Crippen LogP contribution in [0.3, 0.4) is 0 Å². The van der Waals surface area contributed by atoms with E-state index in [1.54, 1.807) is 19.2 Å². The SMILES string of the molecule is CCCCn1c(N)c(N(C)CC(=O)Nc2ccc(Cl)cc2Cl)c(=O)[nH]c1=O. The molecular weight excluding hydrogens is 393 g/mol. The van der Waals surface area contributed by atoms with E-state index in [1.807, 2.05) is 6.92 Å². The molecule has 0 fully saturated rings. The minimum atomic E-state index is -0.648. The number of hydrogen-bond acceptors (Lipinski definition) is 5. The molecule has 0 aliphatic carbocycles. The highest BCUT2D eigenvalue weighted by Gasteiger charge is 2.18. The Morgan fingerprint density at radius 3 is 2.67 bits per heavy atom. The summed E-state index contributed by atoms with van der Waals surface area (Å²) in [4.78, 5) is 40.1. The first-order valence-electron chi connectivity index (χ1n) is 8.33. The lowest BCUT2D eigenvalue weighted by atomic mass is 10.3. The van der Waals surface area contributed by atoms with Crippen LogP contribution in [0.25, 0.3) is 0 Å². The van der Waals surface area contributed by atoms with Crippen LogP contribution in [0.4, 0.5) is 17.2 Å². The molecule has 0 atom stereocenters. The largest absolute Gasteiger partial charge is 0.383 e. The van der Waals surface area contributed by atoms with Crippen molar-refractivity contribution >= 4 is 46.3 Å². The maximum atomic E-state index is 12.3. The highest BCUT2D eigenvalue weighted by Crippen LogP contribution is 2.25. The van der Waals surface area contributed by atoms with E-state index in [4.69, 9.17) is 28.9 Å². The Hall–Kier alpha value is -2.45. The summed E-state index contributed by atoms with van der Waals surface area (Å²) in [6.07, 6.45) is 1.59. The van der Waals surface area contributed by atoms with Crippen LogP contribution in [0, 0.1) is 0 Å². The van der Waals surface area contributed by atoms with Crippen molar-refractivity contribution in [1.82, 2.24) is 9.55 Å². The third-order valence-electron chi connectivity index (χ3n) is 3.92. The Morgan fingerprint density at radius 2 is 2.04 bits per heavy atom. The summed E-state index contributed by atoms with van der Waals surface area (Å²) in [6.45, 7) is 2.19. The average molecular weight is 414 g/mol. The maximum Gasteiger partial charge on any atom is 0.330 e. The van der Waals surface area contributed by atoms with E-state index in [0.29, 0.717) is 22.3 Å². The van der Waals surface area contributed by atoms with Gasteiger partial charge in [0, 0.05) is 18.6 Å². The topological polar surface area (TPSA) is 113 Å². The van der Waals surface area contributed by atoms with Gasteiger partial charge in [0.1, 0.15) is 11.5 Å². The van der Waals surface area contributed by atoms with Gasteiger partial charge in [-0.25, -0.2) is 4.79 Å². The van der Waals surface area contributed by atoms with Crippen LogP contribution < -0.4 is 27.2 Å². The number of aromatic amines is 1. The highest BCUT2D eigenvalue weighted by atomic mass is 35.5. The quantitative estimate of drug-likeness (QED) is 0.644. The van der Waals surface area contributed by atoms with Crippen LogP contribution in [0.1, 0.15) is 19.8 Å². The van der Waals surface area contributed by atoms with Gasteiger partial charge in [0.25, 0.3) is 5.56 Å². The highest BCUT2D eigenvalue weighted by molar-refractivity contribution is 6.36. The number of benzene rings is 1. The van der Waals surface area contributed by atoms with Crippen LogP contribution in [0.15, 0.2) is 27.8 Å². The first-order chi connectivity index (χ1) is 12.7. The smallest absolute Gasteiger partial charge is 0.330 e. The average Bonchev–Trinajstić information content (AvgIpc) is 2.57. The van der Waals surface area contributed by atoms with Crippen LogP contribution in [0.5, 0.6) is 0 Å². The standard InChI is InChI=1S/C17H21Cl2N5O3/c1-3-4-7-24-15(20)14(16(26)22-17(24)27)23(2)9-13(25)21-12-6-5-10(18)8-11(12)19/h5-6,8H,3-4,7,9,20H2,1-2H3,(H,21,25)(H,22,26,27). The molecular formula is C17H21Cl2N5O3. The number of nitrogens with zero attached hydrogens (tertiary/aromatic N) is 2. The van der Waals surface area contributed by atoms with Gasteiger partial charge in [-0.1, -0.05) is 36.5 Å². The molecule has 146 valence electrons. The van der Waals surface area contributed by atoms with E-state index in [2.05, 4.69) is 10.3 Å². The summed E-state index contributed by atoms with van der Waals surface area (Å²) in [7, 11) is 1.54. The van der Waals surface area contributed by atoms with Gasteiger partial charge in [0.15, 0.2) is 0 Å². The number of nitrogen functional groups attached to an aromatic ring is 1. The summed E-state index contributed by atoms with van der Waals surface area (Å²) in [5, 5.41) is 3.39. The van der Waals surface area contributed by atoms with Crippen molar-refractivity contribution in [2.24, 2.45) is 0 Å². The minimum absolute atomic E-state index is 0.0250. The molecule has 0 radical (unpaired) electrons. The molecule has 2 rings (SSSR count). The lowest BCUT2D eigenvalue weighted by Crippen LogP contribution is -2.39. The van der Waals surface area contributed by atoms with Crippen LogP contribution >= 0.6 is 23.2 Å². The molecule has 0 aliphatic rings. The molecule has 1 heterocycles. The number of likely N-dealkylation sites (N-methyl/N-ethyl adjacent to an activating group) is 1. The number of carbonyl (C=O) groups is 1. The van der Waals surface area contributed by atoms with Crippen LogP contribution in [0.2, 0.25) is 10.0 Å². The van der Waals surface area contributed by atoms with E-state index in [-0.39, 0.29) is 18.1 Å². The van der Waals surface area contributed by atoms with Crippen LogP contribution in [-0.4, -0.2) is 29.1 Å². The van der Waals surface area contributed by atoms with Gasteiger partial charge in [0.05, 0.1) is 17.3 Å². The number of rotatable bonds is 7. The Balaban J connectivity index is 2.22. The number of nitrogens with two attached hydrogens (primary N) is 1. The molecule has 0 saturated carbocycles. The first kappa shape index (κ1) is 20.9. The summed E-state index contributed by atoms with van der Waals surface area (Å²) in [6, 6.07) is 4.68. The van der Waals surface area contributed by atoms with Gasteiger partial charge in [-0.3, -0.25) is 19.1 Å². The molecule has 0 bridgehead atoms. The number of hydrogen-bond donors (Lipinski definition) is 3. The summed E-state index contributed by atoms with van der Waals surface area (Å²) in [5.41, 5.74) is 5.27. The van der Waals surface area contributed by atoms with Crippen molar-refractivity contribution in [2.45, 2.75) is 26.3 Å². The van der Waals surface area contributed by atoms with Gasteiger partial charge in [0.2, 0.25) is 5.91 Å². The van der Waals surface area contributed by atoms with Gasteiger partial charge in [-0.15, -0.1) is 0 Å². The zero-order valence-corrected chi connectivity index (χ0v) is 16.5. The predicted molar refractivity (Wildman–Crippen MR) is 109 cm³/mol. The molecule has 10 heteroatoms. The number of nitrogens with one attached hydrogen (secondary N) is 2. The molecule has 1 amide bonds. The fourth-order valence-electron chi connectivity index (χ4n) is 2.56. The Labute approximate surface area is 165 Å². The normalized spacial score (nSPS) is 10.7. The fraction of sp³-hybridized carbons (Fsp3) is 0.353. The Bertz CT molecular complexity index is 955. The second kappa shape index (κ2) is 8.96. The lowest BCUT2D eigenvalue weighted by molar-refractivity contribution is -0.114. The zero-order chi connectivity index (χ0) is 20.1. The van der Waals surface area contributed by atoms with E-state index >= 15 is 0 Å². The van der Waals surface area contributed by atoms with Crippen molar-refractivity contribution < 1.29 is 4.79 Å². The molecule has 1 aromatic heterocycles. The molecule has 0 unspecified atom stereocenters. The van der Waals surface area contributed by atoms with Gasteiger partial charge >= 0.3 is 5.69 Å². The number of carbonyl (C=O) groups excluding carboxylic acids is 1. The zero-order valence-electron chi connectivity index (χ0n) is 15.0. The van der Waals surface area contributed by atoms with Gasteiger partial charge in [-0.05, 0) is 24.6 Å². The fourth-order valence-corrected chi connectivity index (χ4v) is 3.02. The predicted octanol–water partition coefficient (Wildman–Crippen LogP) is 2.30. The Kier molecular flexibility index (Phi) is 6.92. The summed E-state index contributed by atoms with van der Waals surface area (Å²) >= 11 is 11.9. The van der Waals surface area contributed by atoms with Crippen molar-refractivity contribution in [3.05, 3.63) is 49.1 Å². The van der Waals surface area contributed by atoms with Crippen molar-refractivity contribution in [3.63, 3.8) is 0 Å². The number of anilines is 3. The van der Waals surface area contributed by atoms with Gasteiger partial charge < -0.3 is 16.0 Å². The molecule has 0 aliphatic heterocycles. The molecule has 0 saturated heterocycles. The molecule has 8 nitrogen and oxygen atoms in total. The van der Waals surface area contributed by atoms with E-state index in [1.165, 1.54) is 15.5 Å². The van der Waals surface area contributed by atoms with Crippen molar-refractivity contribution in [3.8, 4) is 0 Å². The second-order valence-electron chi connectivity index (χ2n) is 6.03. The molecule has 27 heavy (non-hydrogen) atoms. The number of amides is 1. The maximum absolute atomic E-state index is 12.3. The first-order valence-corrected chi connectivity index (χ1v) is 9.08. The third kappa shape index (κ3) is 5.05. The Morgan fingerprint density at radius 1 is 1.33 bits per heavy atom. The monoisotopic (exact) mass is 413 g/mol. The van der Waals surface area contributed by atoms with Gasteiger partial charge in [-0.2, -0.15) is 0 Å². The second-order valence-corrected chi connectivity index (χ2v) is 6.87. The van der Waals surface area contributed by atoms with Crippen molar-refractivity contribution in [2.75, 3.05) is 29.5 Å². The van der Waals surface area contributed by atoms with Crippen LogP contribution in [-0.2, 0) is 11.3 Å². The number of aromatic nitrogens is 2. The summed E-state index contributed by atoms with van der Waals surface area (Å²) in [5.74, 6) is -0.385. The number of unbranched alkanes of at least 4 members (excludes halogenated alkanes) is 1. The number of H-pyrrole nitrogens is 1. The molecule has 1 aromatic carbocycles. The summed E-state index contributed by atoms with van der Waals surface area (Å²) < 4.78 is 1.30. The van der Waals surface area contributed by atoms with E-state index < -0.39 is 17.2 Å². The minimum Gasteiger partial charge on any atom is -0.383 e. The molecule has 2 aromatic rings. The number of halogens is 2. The third-order valence-corrected chi connectivity index (χ3v) is 4.46.